The Morgan fingerprint density at radius 1 is 1.25 bits per heavy atom. The average molecular weight is 291 g/mol. The van der Waals surface area contributed by atoms with E-state index in [2.05, 4.69) is 20.7 Å². The highest BCUT2D eigenvalue weighted by atomic mass is 32.2. The van der Waals surface area contributed by atoms with E-state index in [4.69, 9.17) is 10.6 Å². The van der Waals surface area contributed by atoms with Gasteiger partial charge in [0, 0.05) is 18.2 Å². The highest BCUT2D eigenvalue weighted by Crippen LogP contribution is 2.20. The van der Waals surface area contributed by atoms with Gasteiger partial charge in [-0.1, -0.05) is 30.0 Å². The van der Waals surface area contributed by atoms with Crippen LogP contribution in [-0.2, 0) is 6.54 Å². The lowest BCUT2D eigenvalue weighted by Crippen LogP contribution is -2.11. The molecule has 1 aromatic heterocycles. The molecule has 1 heterocycles. The second-order valence-corrected chi connectivity index (χ2v) is 4.71. The van der Waals surface area contributed by atoms with Crippen molar-refractivity contribution in [2.75, 3.05) is 24.1 Å². The first-order valence-corrected chi connectivity index (χ1v) is 7.24. The molecule has 106 valence electrons. The van der Waals surface area contributed by atoms with E-state index in [9.17, 15) is 0 Å². The second kappa shape index (κ2) is 6.97. The number of hydrogen-bond acceptors (Lipinski definition) is 7. The monoisotopic (exact) mass is 291 g/mol. The van der Waals surface area contributed by atoms with Gasteiger partial charge >= 0.3 is 0 Å². The van der Waals surface area contributed by atoms with Crippen LogP contribution in [0.15, 0.2) is 35.5 Å². The molecule has 0 saturated carbocycles. The number of nitrogens with zero attached hydrogens (tertiary/aromatic N) is 2. The number of nitrogens with one attached hydrogen (secondary N) is 2. The number of aromatic nitrogens is 2. The summed E-state index contributed by atoms with van der Waals surface area (Å²) >= 11 is 1.46. The van der Waals surface area contributed by atoms with Crippen LogP contribution in [0.1, 0.15) is 5.56 Å². The van der Waals surface area contributed by atoms with Crippen LogP contribution in [0.4, 0.5) is 11.6 Å². The Labute approximate surface area is 122 Å². The molecule has 0 aliphatic rings. The fourth-order valence-corrected chi connectivity index (χ4v) is 2.09. The lowest BCUT2D eigenvalue weighted by atomic mass is 10.2. The van der Waals surface area contributed by atoms with Gasteiger partial charge in [-0.15, -0.1) is 0 Å². The lowest BCUT2D eigenvalue weighted by molar-refractivity contribution is 0.410. The smallest absolute Gasteiger partial charge is 0.191 e. The second-order valence-electron chi connectivity index (χ2n) is 3.93. The summed E-state index contributed by atoms with van der Waals surface area (Å²) in [5, 5.41) is 3.90. The Kier molecular flexibility index (Phi) is 5.03. The number of hydrogen-bond donors (Lipinski definition) is 3. The summed E-state index contributed by atoms with van der Waals surface area (Å²) in [5.41, 5.74) is 3.59. The first kappa shape index (κ1) is 14.4. The first-order chi connectivity index (χ1) is 9.76. The number of methoxy groups -OCH3 is 1. The van der Waals surface area contributed by atoms with Crippen molar-refractivity contribution in [1.82, 2.24) is 9.97 Å². The molecule has 20 heavy (non-hydrogen) atoms. The number of hydrazine groups is 1. The van der Waals surface area contributed by atoms with Gasteiger partial charge in [0.1, 0.15) is 17.4 Å². The van der Waals surface area contributed by atoms with E-state index in [-0.39, 0.29) is 0 Å². The van der Waals surface area contributed by atoms with Crippen LogP contribution >= 0.6 is 11.8 Å². The molecule has 0 amide bonds. The predicted octanol–water partition coefficient (Wildman–Crippen LogP) is 2.10. The van der Waals surface area contributed by atoms with Gasteiger partial charge in [0.2, 0.25) is 0 Å². The minimum Gasteiger partial charge on any atom is -0.496 e. The summed E-state index contributed by atoms with van der Waals surface area (Å²) in [6.45, 7) is 0.610. The van der Waals surface area contributed by atoms with Crippen LogP contribution in [0.3, 0.4) is 0 Å². The maximum absolute atomic E-state index is 5.40. The van der Waals surface area contributed by atoms with Gasteiger partial charge in [-0.2, -0.15) is 0 Å². The van der Waals surface area contributed by atoms with Crippen molar-refractivity contribution in [3.63, 3.8) is 0 Å². The number of ether oxygens (including phenoxy) is 1. The van der Waals surface area contributed by atoms with Gasteiger partial charge < -0.3 is 15.5 Å². The van der Waals surface area contributed by atoms with Crippen LogP contribution in [0.5, 0.6) is 5.75 Å². The number of thioether (sulfide) groups is 1. The molecule has 0 radical (unpaired) electrons. The van der Waals surface area contributed by atoms with Gasteiger partial charge in [0.05, 0.1) is 7.11 Å². The van der Waals surface area contributed by atoms with Crippen molar-refractivity contribution >= 4 is 23.4 Å². The SMILES string of the molecule is COc1ccccc1CNc1cc(NN)nc(SC)n1. The van der Waals surface area contributed by atoms with E-state index in [1.54, 1.807) is 13.2 Å². The van der Waals surface area contributed by atoms with Crippen LogP contribution in [0.25, 0.3) is 0 Å². The highest BCUT2D eigenvalue weighted by molar-refractivity contribution is 7.98. The van der Waals surface area contributed by atoms with Crippen molar-refractivity contribution in [3.05, 3.63) is 35.9 Å². The molecule has 7 heteroatoms. The van der Waals surface area contributed by atoms with Crippen LogP contribution in [0.2, 0.25) is 0 Å². The average Bonchev–Trinajstić information content (AvgIpc) is 2.52. The predicted molar refractivity (Wildman–Crippen MR) is 81.9 cm³/mol. The van der Waals surface area contributed by atoms with Crippen molar-refractivity contribution < 1.29 is 4.74 Å². The zero-order valence-corrected chi connectivity index (χ0v) is 12.2. The van der Waals surface area contributed by atoms with Gasteiger partial charge in [-0.3, -0.25) is 0 Å². The molecule has 0 spiro atoms. The minimum absolute atomic E-state index is 0.576. The minimum atomic E-state index is 0.576. The molecular formula is C13H17N5OS. The topological polar surface area (TPSA) is 85.1 Å². The molecule has 2 aromatic rings. The molecule has 4 N–H and O–H groups in total. The number of anilines is 2. The Morgan fingerprint density at radius 2 is 2.00 bits per heavy atom. The van der Waals surface area contributed by atoms with E-state index in [0.29, 0.717) is 23.3 Å². The molecule has 0 aliphatic carbocycles. The molecule has 1 aromatic carbocycles. The van der Waals surface area contributed by atoms with Crippen LogP contribution < -0.4 is 21.3 Å². The van der Waals surface area contributed by atoms with E-state index in [0.717, 1.165) is 11.3 Å². The van der Waals surface area contributed by atoms with E-state index in [1.807, 2.05) is 30.5 Å². The summed E-state index contributed by atoms with van der Waals surface area (Å²) in [7, 11) is 1.66. The maximum Gasteiger partial charge on any atom is 0.191 e. The fraction of sp³-hybridized carbons (Fsp3) is 0.231. The van der Waals surface area contributed by atoms with Crippen LogP contribution in [0, 0.1) is 0 Å². The number of nitrogen functional groups attached to an aromatic ring is 1. The Bertz CT molecular complexity index is 556. The zero-order valence-electron chi connectivity index (χ0n) is 11.4. The largest absolute Gasteiger partial charge is 0.496 e. The van der Waals surface area contributed by atoms with Crippen molar-refractivity contribution in [1.29, 1.82) is 0 Å². The van der Waals surface area contributed by atoms with Crippen LogP contribution in [-0.4, -0.2) is 23.3 Å². The van der Waals surface area contributed by atoms with Gasteiger partial charge in [0.15, 0.2) is 5.16 Å². The summed E-state index contributed by atoms with van der Waals surface area (Å²) in [6, 6.07) is 9.60. The molecule has 0 unspecified atom stereocenters. The summed E-state index contributed by atoms with van der Waals surface area (Å²) in [6.07, 6.45) is 1.92. The molecule has 0 aliphatic heterocycles. The number of rotatable bonds is 6. The lowest BCUT2D eigenvalue weighted by Gasteiger charge is -2.11. The molecule has 2 rings (SSSR count). The third kappa shape index (κ3) is 3.52. The van der Waals surface area contributed by atoms with Crippen molar-refractivity contribution in [3.8, 4) is 5.75 Å². The normalized spacial score (nSPS) is 10.2. The molecule has 0 saturated heterocycles. The number of benzene rings is 1. The standard InChI is InChI=1S/C13H17N5OS/c1-19-10-6-4-3-5-9(10)8-15-11-7-12(18-14)17-13(16-11)20-2/h3-7H,8,14H2,1-2H3,(H2,15,16,17,18). The highest BCUT2D eigenvalue weighted by Gasteiger charge is 2.05. The quantitative estimate of drug-likeness (QED) is 0.325. The van der Waals surface area contributed by atoms with E-state index < -0.39 is 0 Å². The summed E-state index contributed by atoms with van der Waals surface area (Å²) < 4.78 is 5.31. The summed E-state index contributed by atoms with van der Waals surface area (Å²) in [5.74, 6) is 7.53. The van der Waals surface area contributed by atoms with Gasteiger partial charge in [-0.25, -0.2) is 15.8 Å². The summed E-state index contributed by atoms with van der Waals surface area (Å²) in [4.78, 5) is 8.58. The maximum atomic E-state index is 5.40. The molecule has 0 bridgehead atoms. The zero-order chi connectivity index (χ0) is 14.4. The molecule has 0 fully saturated rings. The number of nitrogens with two attached hydrogens (primary N) is 1. The molecule has 0 atom stereocenters. The Balaban J connectivity index is 2.14. The first-order valence-electron chi connectivity index (χ1n) is 6.02. The van der Waals surface area contributed by atoms with Crippen molar-refractivity contribution in [2.24, 2.45) is 5.84 Å². The van der Waals surface area contributed by atoms with E-state index in [1.165, 1.54) is 11.8 Å². The fourth-order valence-electron chi connectivity index (χ4n) is 1.72. The van der Waals surface area contributed by atoms with Gasteiger partial charge in [0.25, 0.3) is 0 Å². The Morgan fingerprint density at radius 3 is 2.70 bits per heavy atom. The number of para-hydroxylation sites is 1. The third-order valence-electron chi connectivity index (χ3n) is 2.69. The molecular weight excluding hydrogens is 274 g/mol. The van der Waals surface area contributed by atoms with E-state index >= 15 is 0 Å². The molecule has 6 nitrogen and oxygen atoms in total. The third-order valence-corrected chi connectivity index (χ3v) is 3.24. The Hall–Kier alpha value is -1.99. The van der Waals surface area contributed by atoms with Crippen molar-refractivity contribution in [2.45, 2.75) is 11.7 Å². The van der Waals surface area contributed by atoms with Gasteiger partial charge in [-0.05, 0) is 12.3 Å².